The second-order valence-electron chi connectivity index (χ2n) is 6.49. The molecule has 0 saturated carbocycles. The number of amides is 1. The van der Waals surface area contributed by atoms with E-state index in [1.165, 1.54) is 0 Å². The predicted octanol–water partition coefficient (Wildman–Crippen LogP) is 3.40. The molecule has 3 rings (SSSR count). The molecule has 6 heteroatoms. The molecular formula is C22H25N3O3. The van der Waals surface area contributed by atoms with Gasteiger partial charge in [0.1, 0.15) is 11.6 Å². The number of likely N-dealkylation sites (N-methyl/N-ethyl adjacent to an activating group) is 1. The first kappa shape index (κ1) is 19.6. The Morgan fingerprint density at radius 2 is 1.79 bits per heavy atom. The minimum absolute atomic E-state index is 0.0634. The summed E-state index contributed by atoms with van der Waals surface area (Å²) in [4.78, 5) is 32.1. The van der Waals surface area contributed by atoms with Crippen LogP contribution in [0.3, 0.4) is 0 Å². The Bertz CT molecular complexity index is 1010. The molecule has 0 aliphatic rings. The third kappa shape index (κ3) is 3.91. The summed E-state index contributed by atoms with van der Waals surface area (Å²) >= 11 is 0. The van der Waals surface area contributed by atoms with E-state index in [4.69, 9.17) is 9.72 Å². The topological polar surface area (TPSA) is 64.4 Å². The van der Waals surface area contributed by atoms with Gasteiger partial charge in [-0.3, -0.25) is 14.2 Å². The van der Waals surface area contributed by atoms with Crippen molar-refractivity contribution in [3.63, 3.8) is 0 Å². The maximum absolute atomic E-state index is 12.9. The van der Waals surface area contributed by atoms with Crippen molar-refractivity contribution in [2.45, 2.75) is 33.4 Å². The fraction of sp³-hybridized carbons (Fsp3) is 0.318. The molecule has 6 nitrogen and oxygen atoms in total. The number of benzene rings is 2. The minimum atomic E-state index is -0.353. The number of hydrogen-bond donors (Lipinski definition) is 0. The van der Waals surface area contributed by atoms with Crippen LogP contribution in [0.4, 0.5) is 0 Å². The van der Waals surface area contributed by atoms with Gasteiger partial charge in [-0.05, 0) is 45.0 Å². The van der Waals surface area contributed by atoms with Crippen molar-refractivity contribution in [2.75, 3.05) is 13.2 Å². The highest BCUT2D eigenvalue weighted by atomic mass is 16.5. The number of carbonyl (C=O) groups is 1. The molecule has 0 spiro atoms. The van der Waals surface area contributed by atoms with Gasteiger partial charge in [0.15, 0.2) is 6.61 Å². The summed E-state index contributed by atoms with van der Waals surface area (Å²) in [5.74, 6) is 1.08. The molecule has 0 N–H and O–H groups in total. The van der Waals surface area contributed by atoms with Crippen LogP contribution in [0.25, 0.3) is 10.9 Å². The molecule has 146 valence electrons. The fourth-order valence-electron chi connectivity index (χ4n) is 3.36. The van der Waals surface area contributed by atoms with Gasteiger partial charge in [0, 0.05) is 13.1 Å². The summed E-state index contributed by atoms with van der Waals surface area (Å²) in [6.45, 7) is 6.63. The third-order valence-electron chi connectivity index (χ3n) is 4.82. The maximum atomic E-state index is 12.9. The summed E-state index contributed by atoms with van der Waals surface area (Å²) in [7, 11) is 0. The van der Waals surface area contributed by atoms with Gasteiger partial charge < -0.3 is 9.64 Å². The van der Waals surface area contributed by atoms with Gasteiger partial charge in [-0.15, -0.1) is 0 Å². The van der Waals surface area contributed by atoms with Gasteiger partial charge in [-0.1, -0.05) is 30.3 Å². The van der Waals surface area contributed by atoms with Crippen LogP contribution >= 0.6 is 0 Å². The van der Waals surface area contributed by atoms with Crippen LogP contribution in [0.2, 0.25) is 0 Å². The van der Waals surface area contributed by atoms with E-state index >= 15 is 0 Å². The molecule has 1 unspecified atom stereocenters. The summed E-state index contributed by atoms with van der Waals surface area (Å²) < 4.78 is 7.25. The van der Waals surface area contributed by atoms with Crippen LogP contribution in [-0.4, -0.2) is 33.5 Å². The van der Waals surface area contributed by atoms with Gasteiger partial charge in [0.25, 0.3) is 11.5 Å². The van der Waals surface area contributed by atoms with Crippen molar-refractivity contribution in [3.05, 3.63) is 70.8 Å². The highest BCUT2D eigenvalue weighted by Crippen LogP contribution is 2.20. The summed E-state index contributed by atoms with van der Waals surface area (Å²) in [6.07, 6.45) is 0. The number of ether oxygens (including phenoxy) is 1. The average Bonchev–Trinajstić information content (AvgIpc) is 2.73. The van der Waals surface area contributed by atoms with Gasteiger partial charge in [-0.25, -0.2) is 4.98 Å². The first-order valence-corrected chi connectivity index (χ1v) is 9.53. The summed E-state index contributed by atoms with van der Waals surface area (Å²) in [6, 6.07) is 16.2. The lowest BCUT2D eigenvalue weighted by Crippen LogP contribution is -2.39. The molecule has 28 heavy (non-hydrogen) atoms. The first-order chi connectivity index (χ1) is 13.6. The zero-order valence-corrected chi connectivity index (χ0v) is 16.5. The highest BCUT2D eigenvalue weighted by molar-refractivity contribution is 5.79. The summed E-state index contributed by atoms with van der Waals surface area (Å²) in [5, 5.41) is 0.585. The predicted molar refractivity (Wildman–Crippen MR) is 109 cm³/mol. The molecular weight excluding hydrogens is 354 g/mol. The first-order valence-electron chi connectivity index (χ1n) is 9.53. The Labute approximate surface area is 164 Å². The molecule has 1 aromatic heterocycles. The van der Waals surface area contributed by atoms with Crippen LogP contribution in [0, 0.1) is 0 Å². The van der Waals surface area contributed by atoms with Crippen LogP contribution in [-0.2, 0) is 11.3 Å². The number of para-hydroxylation sites is 2. The van der Waals surface area contributed by atoms with E-state index in [1.807, 2.05) is 69.3 Å². The SMILES string of the molecule is CCN(C(=O)COc1ccccc1)C(C)c1nc2ccccc2c(=O)n1CC. The van der Waals surface area contributed by atoms with E-state index < -0.39 is 0 Å². The number of nitrogens with zero attached hydrogens (tertiary/aromatic N) is 3. The van der Waals surface area contributed by atoms with E-state index in [-0.39, 0.29) is 24.1 Å². The molecule has 1 heterocycles. The Morgan fingerprint density at radius 1 is 1.11 bits per heavy atom. The second kappa shape index (κ2) is 8.69. The molecule has 1 amide bonds. The Balaban J connectivity index is 1.89. The van der Waals surface area contributed by atoms with Crippen molar-refractivity contribution in [1.29, 1.82) is 0 Å². The Hall–Kier alpha value is -3.15. The Kier molecular flexibility index (Phi) is 6.09. The van der Waals surface area contributed by atoms with Crippen molar-refractivity contribution in [3.8, 4) is 5.75 Å². The Morgan fingerprint density at radius 3 is 2.46 bits per heavy atom. The number of rotatable bonds is 7. The molecule has 3 aromatic rings. The number of fused-ring (bicyclic) bond motifs is 1. The van der Waals surface area contributed by atoms with E-state index in [2.05, 4.69) is 0 Å². The van der Waals surface area contributed by atoms with Gasteiger partial charge in [-0.2, -0.15) is 0 Å². The fourth-order valence-corrected chi connectivity index (χ4v) is 3.36. The molecule has 0 saturated heterocycles. The zero-order chi connectivity index (χ0) is 20.1. The van der Waals surface area contributed by atoms with Crippen LogP contribution in [0.1, 0.15) is 32.6 Å². The van der Waals surface area contributed by atoms with Crippen LogP contribution in [0.15, 0.2) is 59.4 Å². The lowest BCUT2D eigenvalue weighted by molar-refractivity contribution is -0.135. The summed E-state index contributed by atoms with van der Waals surface area (Å²) in [5.41, 5.74) is 0.557. The van der Waals surface area contributed by atoms with Crippen molar-refractivity contribution < 1.29 is 9.53 Å². The number of aromatic nitrogens is 2. The molecule has 0 fully saturated rings. The van der Waals surface area contributed by atoms with Crippen molar-refractivity contribution in [2.24, 2.45) is 0 Å². The van der Waals surface area contributed by atoms with E-state index in [0.717, 1.165) is 0 Å². The lowest BCUT2D eigenvalue weighted by Gasteiger charge is -2.29. The largest absolute Gasteiger partial charge is 0.484 e. The van der Waals surface area contributed by atoms with Gasteiger partial charge >= 0.3 is 0 Å². The highest BCUT2D eigenvalue weighted by Gasteiger charge is 2.25. The molecule has 0 radical (unpaired) electrons. The van der Waals surface area contributed by atoms with Crippen molar-refractivity contribution in [1.82, 2.24) is 14.5 Å². The van der Waals surface area contributed by atoms with E-state index in [9.17, 15) is 9.59 Å². The minimum Gasteiger partial charge on any atom is -0.484 e. The van der Waals surface area contributed by atoms with Gasteiger partial charge in [0.05, 0.1) is 16.9 Å². The number of carbonyl (C=O) groups excluding carboxylic acids is 1. The monoisotopic (exact) mass is 379 g/mol. The van der Waals surface area contributed by atoms with E-state index in [0.29, 0.717) is 35.6 Å². The molecule has 0 aliphatic heterocycles. The average molecular weight is 379 g/mol. The molecule has 2 aromatic carbocycles. The van der Waals surface area contributed by atoms with Crippen LogP contribution < -0.4 is 10.3 Å². The normalized spacial score (nSPS) is 12.0. The molecule has 0 aliphatic carbocycles. The van der Waals surface area contributed by atoms with Crippen molar-refractivity contribution >= 4 is 16.8 Å². The van der Waals surface area contributed by atoms with Gasteiger partial charge in [0.2, 0.25) is 0 Å². The molecule has 0 bridgehead atoms. The zero-order valence-electron chi connectivity index (χ0n) is 16.5. The van der Waals surface area contributed by atoms with Crippen LogP contribution in [0.5, 0.6) is 5.75 Å². The van der Waals surface area contributed by atoms with E-state index in [1.54, 1.807) is 15.5 Å². The third-order valence-corrected chi connectivity index (χ3v) is 4.82. The lowest BCUT2D eigenvalue weighted by atomic mass is 10.2. The molecule has 1 atom stereocenters. The quantitative estimate of drug-likeness (QED) is 0.631. The maximum Gasteiger partial charge on any atom is 0.261 e. The standard InChI is InChI=1S/C22H25N3O3/c1-4-24(20(26)15-28-17-11-7-6-8-12-17)16(3)21-23-19-14-10-9-13-18(19)22(27)25(21)5-2/h6-14,16H,4-5,15H2,1-3H3. The smallest absolute Gasteiger partial charge is 0.261 e. The number of hydrogen-bond acceptors (Lipinski definition) is 4. The second-order valence-corrected chi connectivity index (χ2v) is 6.49.